The van der Waals surface area contributed by atoms with Crippen molar-refractivity contribution in [1.82, 2.24) is 9.55 Å². The molecule has 4 rings (SSSR count). The number of furan rings is 1. The Morgan fingerprint density at radius 2 is 2.06 bits per heavy atom. The SMILES string of the molecule is C=CCn1cnc2oc(C)c(C(=O)Nc3ccc4c(c3)OC(C)(C)C(=O)N4C)c2c1=O. The highest BCUT2D eigenvalue weighted by molar-refractivity contribution is 6.13. The van der Waals surface area contributed by atoms with Crippen molar-refractivity contribution in [3.63, 3.8) is 0 Å². The molecule has 0 radical (unpaired) electrons. The molecule has 2 aromatic heterocycles. The van der Waals surface area contributed by atoms with Crippen molar-refractivity contribution in [2.24, 2.45) is 0 Å². The van der Waals surface area contributed by atoms with Gasteiger partial charge in [0.15, 0.2) is 5.60 Å². The number of fused-ring (bicyclic) bond motifs is 2. The number of amides is 2. The number of hydrogen-bond acceptors (Lipinski definition) is 6. The summed E-state index contributed by atoms with van der Waals surface area (Å²) in [6.07, 6.45) is 2.93. The van der Waals surface area contributed by atoms with Crippen molar-refractivity contribution in [1.29, 1.82) is 0 Å². The summed E-state index contributed by atoms with van der Waals surface area (Å²) < 4.78 is 12.7. The minimum atomic E-state index is -1.02. The number of carbonyl (C=O) groups is 2. The standard InChI is InChI=1S/C22H22N4O5/c1-6-9-26-11-23-19-17(20(26)28)16(12(2)30-19)18(27)24-13-7-8-14-15(10-13)31-22(3,4)21(29)25(14)5/h6-8,10-11H,1,9H2,2-5H3,(H,24,27). The molecule has 0 saturated carbocycles. The van der Waals surface area contributed by atoms with E-state index >= 15 is 0 Å². The first-order chi connectivity index (χ1) is 14.6. The van der Waals surface area contributed by atoms with E-state index in [0.29, 0.717) is 17.1 Å². The third kappa shape index (κ3) is 3.27. The topological polar surface area (TPSA) is 107 Å². The van der Waals surface area contributed by atoms with Gasteiger partial charge in [0.25, 0.3) is 17.4 Å². The van der Waals surface area contributed by atoms with Gasteiger partial charge in [-0.05, 0) is 32.9 Å². The van der Waals surface area contributed by atoms with Crippen LogP contribution in [-0.2, 0) is 11.3 Å². The highest BCUT2D eigenvalue weighted by Crippen LogP contribution is 2.38. The lowest BCUT2D eigenvalue weighted by atomic mass is 10.0. The van der Waals surface area contributed by atoms with E-state index in [0.717, 1.165) is 0 Å². The van der Waals surface area contributed by atoms with Gasteiger partial charge in [0.1, 0.15) is 23.2 Å². The minimum Gasteiger partial charge on any atom is -0.476 e. The van der Waals surface area contributed by atoms with E-state index in [2.05, 4.69) is 16.9 Å². The third-order valence-electron chi connectivity index (χ3n) is 5.17. The van der Waals surface area contributed by atoms with Crippen LogP contribution in [0.4, 0.5) is 11.4 Å². The minimum absolute atomic E-state index is 0.101. The van der Waals surface area contributed by atoms with Gasteiger partial charge in [-0.3, -0.25) is 19.0 Å². The second-order valence-electron chi connectivity index (χ2n) is 7.82. The van der Waals surface area contributed by atoms with Crippen LogP contribution in [0.15, 0.2) is 46.4 Å². The van der Waals surface area contributed by atoms with Crippen LogP contribution in [0.2, 0.25) is 0 Å². The van der Waals surface area contributed by atoms with Gasteiger partial charge in [0.05, 0.1) is 11.3 Å². The fraction of sp³-hybridized carbons (Fsp3) is 0.273. The lowest BCUT2D eigenvalue weighted by molar-refractivity contribution is -0.132. The van der Waals surface area contributed by atoms with Crippen LogP contribution in [0, 0.1) is 6.92 Å². The number of anilines is 2. The Bertz CT molecular complexity index is 1300. The van der Waals surface area contributed by atoms with Gasteiger partial charge in [-0.15, -0.1) is 6.58 Å². The van der Waals surface area contributed by atoms with Crippen molar-refractivity contribution in [3.05, 3.63) is 58.9 Å². The Morgan fingerprint density at radius 1 is 1.32 bits per heavy atom. The largest absolute Gasteiger partial charge is 0.476 e. The molecule has 0 bridgehead atoms. The molecule has 0 fully saturated rings. The summed E-state index contributed by atoms with van der Waals surface area (Å²) in [7, 11) is 1.67. The summed E-state index contributed by atoms with van der Waals surface area (Å²) in [5, 5.41) is 2.89. The number of aryl methyl sites for hydroxylation is 1. The number of nitrogens with zero attached hydrogens (tertiary/aromatic N) is 3. The summed E-state index contributed by atoms with van der Waals surface area (Å²) in [6, 6.07) is 4.99. The van der Waals surface area contributed by atoms with Crippen LogP contribution in [0.1, 0.15) is 30.0 Å². The molecule has 2 amide bonds. The zero-order valence-corrected chi connectivity index (χ0v) is 17.7. The molecule has 0 spiro atoms. The molecule has 9 nitrogen and oxygen atoms in total. The molecule has 3 heterocycles. The van der Waals surface area contributed by atoms with Crippen molar-refractivity contribution in [2.75, 3.05) is 17.3 Å². The molecule has 3 aromatic rings. The molecule has 0 saturated heterocycles. The van der Waals surface area contributed by atoms with Crippen molar-refractivity contribution < 1.29 is 18.7 Å². The van der Waals surface area contributed by atoms with Crippen molar-refractivity contribution in [2.45, 2.75) is 32.9 Å². The number of ether oxygens (including phenoxy) is 1. The highest BCUT2D eigenvalue weighted by atomic mass is 16.5. The second-order valence-corrected chi connectivity index (χ2v) is 7.82. The van der Waals surface area contributed by atoms with Gasteiger partial charge in [-0.2, -0.15) is 0 Å². The summed E-state index contributed by atoms with van der Waals surface area (Å²) in [4.78, 5) is 43.9. The maximum atomic E-state index is 13.1. The Kier molecular flexibility index (Phi) is 4.68. The molecular formula is C22H22N4O5. The molecule has 1 aliphatic heterocycles. The van der Waals surface area contributed by atoms with Crippen LogP contribution in [0.25, 0.3) is 11.1 Å². The molecule has 9 heteroatoms. The van der Waals surface area contributed by atoms with E-state index in [1.807, 2.05) is 0 Å². The Hall–Kier alpha value is -3.88. The first-order valence-electron chi connectivity index (χ1n) is 9.66. The van der Waals surface area contributed by atoms with Gasteiger partial charge in [-0.25, -0.2) is 4.98 Å². The van der Waals surface area contributed by atoms with Crippen LogP contribution >= 0.6 is 0 Å². The number of likely N-dealkylation sites (N-methyl/N-ethyl adjacent to an activating group) is 1. The smallest absolute Gasteiger partial charge is 0.270 e. The van der Waals surface area contributed by atoms with Crippen LogP contribution in [0.3, 0.4) is 0 Å². The maximum Gasteiger partial charge on any atom is 0.270 e. The van der Waals surface area contributed by atoms with Gasteiger partial charge in [-0.1, -0.05) is 6.08 Å². The molecule has 1 aromatic carbocycles. The summed E-state index contributed by atoms with van der Waals surface area (Å²) in [5.41, 5.74) is -0.137. The fourth-order valence-corrected chi connectivity index (χ4v) is 3.66. The zero-order chi connectivity index (χ0) is 22.5. The molecular weight excluding hydrogens is 400 g/mol. The molecule has 160 valence electrons. The van der Waals surface area contributed by atoms with Gasteiger partial charge in [0.2, 0.25) is 5.71 Å². The van der Waals surface area contributed by atoms with Crippen LogP contribution in [0.5, 0.6) is 5.75 Å². The average molecular weight is 422 g/mol. The first-order valence-corrected chi connectivity index (χ1v) is 9.66. The van der Waals surface area contributed by atoms with E-state index in [1.165, 1.54) is 15.8 Å². The molecule has 0 unspecified atom stereocenters. The monoisotopic (exact) mass is 422 g/mol. The lowest BCUT2D eigenvalue weighted by Crippen LogP contribution is -2.50. The Labute approximate surface area is 177 Å². The highest BCUT2D eigenvalue weighted by Gasteiger charge is 2.39. The number of benzene rings is 1. The predicted octanol–water partition coefficient (Wildman–Crippen LogP) is 2.87. The second kappa shape index (κ2) is 7.12. The normalized spacial score (nSPS) is 14.8. The quantitative estimate of drug-likeness (QED) is 0.648. The van der Waals surface area contributed by atoms with E-state index in [1.54, 1.807) is 52.1 Å². The van der Waals surface area contributed by atoms with Gasteiger partial charge < -0.3 is 19.4 Å². The van der Waals surface area contributed by atoms with E-state index < -0.39 is 11.5 Å². The summed E-state index contributed by atoms with van der Waals surface area (Å²) >= 11 is 0. The molecule has 0 aliphatic carbocycles. The maximum absolute atomic E-state index is 13.1. The number of allylic oxidation sites excluding steroid dienone is 1. The summed E-state index contributed by atoms with van der Waals surface area (Å²) in [6.45, 7) is 8.86. The van der Waals surface area contributed by atoms with Crippen molar-refractivity contribution in [3.8, 4) is 5.75 Å². The predicted molar refractivity (Wildman–Crippen MR) is 116 cm³/mol. The number of carbonyl (C=O) groups excluding carboxylic acids is 2. The van der Waals surface area contributed by atoms with E-state index in [-0.39, 0.29) is 40.4 Å². The average Bonchev–Trinajstić information content (AvgIpc) is 3.05. The van der Waals surface area contributed by atoms with Gasteiger partial charge >= 0.3 is 0 Å². The fourth-order valence-electron chi connectivity index (χ4n) is 3.66. The molecule has 1 aliphatic rings. The molecule has 1 N–H and O–H groups in total. The number of nitrogens with one attached hydrogen (secondary N) is 1. The Balaban J connectivity index is 1.71. The lowest BCUT2D eigenvalue weighted by Gasteiger charge is -2.37. The zero-order valence-electron chi connectivity index (χ0n) is 17.7. The third-order valence-corrected chi connectivity index (χ3v) is 5.17. The van der Waals surface area contributed by atoms with E-state index in [9.17, 15) is 14.4 Å². The number of aromatic nitrogens is 2. The van der Waals surface area contributed by atoms with Crippen molar-refractivity contribution >= 4 is 34.3 Å². The molecule has 31 heavy (non-hydrogen) atoms. The number of hydrogen-bond donors (Lipinski definition) is 1. The summed E-state index contributed by atoms with van der Waals surface area (Å²) in [5.74, 6) is 0.0781. The first kappa shape index (κ1) is 20.4. The van der Waals surface area contributed by atoms with Crippen LogP contribution in [-0.4, -0.2) is 34.0 Å². The number of rotatable bonds is 4. The van der Waals surface area contributed by atoms with Gasteiger partial charge in [0, 0.05) is 25.3 Å². The molecule has 0 atom stereocenters. The van der Waals surface area contributed by atoms with Crippen LogP contribution < -0.4 is 20.5 Å². The van der Waals surface area contributed by atoms with E-state index in [4.69, 9.17) is 9.15 Å². The Morgan fingerprint density at radius 3 is 2.77 bits per heavy atom.